The number of aromatic hydroxyl groups is 1. The molecule has 2 aliphatic heterocycles. The number of benzene rings is 1. The Morgan fingerprint density at radius 3 is 2.60 bits per heavy atom. The van der Waals surface area contributed by atoms with Gasteiger partial charge in [-0.25, -0.2) is 27.9 Å². The number of phenolic OH excluding ortho intramolecular Hbond substituents is 1. The largest absolute Gasteiger partial charge is 0.507 e. The lowest BCUT2D eigenvalue weighted by Crippen LogP contribution is -2.57. The minimum absolute atomic E-state index is 0.0349. The van der Waals surface area contributed by atoms with Crippen LogP contribution in [0.15, 0.2) is 35.3 Å². The molecule has 45 heavy (non-hydrogen) atoms. The van der Waals surface area contributed by atoms with Gasteiger partial charge in [-0.15, -0.1) is 0 Å². The number of nitrogens with zero attached hydrogens (tertiary/aromatic N) is 6. The van der Waals surface area contributed by atoms with E-state index in [1.54, 1.807) is 33.0 Å². The zero-order valence-corrected chi connectivity index (χ0v) is 25.9. The molecule has 1 amide bonds. The van der Waals surface area contributed by atoms with Crippen LogP contribution in [0, 0.1) is 18.6 Å². The average molecular weight is 621 g/mol. The topological polar surface area (TPSA) is 123 Å². The van der Waals surface area contributed by atoms with E-state index in [9.17, 15) is 14.7 Å². The molecule has 11 nitrogen and oxygen atoms in total. The van der Waals surface area contributed by atoms with Crippen LogP contribution in [0.25, 0.3) is 28.0 Å². The van der Waals surface area contributed by atoms with Crippen LogP contribution >= 0.6 is 0 Å². The first-order valence-electron chi connectivity index (χ1n) is 14.7. The Bertz CT molecular complexity index is 1880. The van der Waals surface area contributed by atoms with Crippen LogP contribution in [0.3, 0.4) is 0 Å². The van der Waals surface area contributed by atoms with Crippen molar-refractivity contribution < 1.29 is 28.2 Å². The maximum Gasteiger partial charge on any atom is 0.410 e. The highest BCUT2D eigenvalue weighted by Gasteiger charge is 2.39. The Balaban J connectivity index is 1.63. The van der Waals surface area contributed by atoms with Gasteiger partial charge >= 0.3 is 11.8 Å². The summed E-state index contributed by atoms with van der Waals surface area (Å²) in [6.45, 7) is 11.6. The molecule has 1 atom stereocenters. The maximum absolute atomic E-state index is 16.5. The second-order valence-electron chi connectivity index (χ2n) is 12.6. The van der Waals surface area contributed by atoms with Crippen molar-refractivity contribution >= 4 is 22.9 Å². The molecule has 5 heterocycles. The standard InChI is InChI=1S/C32H34F2N6O5/c1-16(2)24-26(17(3)10-11-35-24)40-29-22-27(23(34)25(36-29)21-19(33)8-7-9-20(21)41)44-15-18-14-38(31(43)45-32(4,5)6)12-13-39(18)28(22)37-30(40)42/h7-11,16,18,41H,12-15H2,1-6H3/t18-/m0/s1. The summed E-state index contributed by atoms with van der Waals surface area (Å²) in [4.78, 5) is 43.9. The van der Waals surface area contributed by atoms with Gasteiger partial charge in [0.2, 0.25) is 0 Å². The fourth-order valence-electron chi connectivity index (χ4n) is 5.87. The van der Waals surface area contributed by atoms with Gasteiger partial charge in [0.05, 0.1) is 23.0 Å². The Labute approximate surface area is 258 Å². The van der Waals surface area contributed by atoms with Crippen molar-refractivity contribution in [3.8, 4) is 28.4 Å². The number of anilines is 1. The van der Waals surface area contributed by atoms with Gasteiger partial charge < -0.3 is 24.4 Å². The van der Waals surface area contributed by atoms with Gasteiger partial charge in [-0.1, -0.05) is 19.9 Å². The van der Waals surface area contributed by atoms with Gasteiger partial charge in [0.15, 0.2) is 17.2 Å². The quantitative estimate of drug-likeness (QED) is 0.334. The molecule has 0 spiro atoms. The number of hydrogen-bond donors (Lipinski definition) is 1. The minimum atomic E-state index is -1.02. The van der Waals surface area contributed by atoms with E-state index < -0.39 is 52.1 Å². The number of ether oxygens (including phenoxy) is 2. The molecule has 4 aromatic rings. The third-order valence-electron chi connectivity index (χ3n) is 7.88. The van der Waals surface area contributed by atoms with Crippen molar-refractivity contribution in [1.29, 1.82) is 0 Å². The number of aryl methyl sites for hydroxylation is 1. The number of aromatic nitrogens is 4. The second kappa shape index (κ2) is 11.0. The molecule has 0 saturated carbocycles. The zero-order chi connectivity index (χ0) is 32.4. The number of carbonyl (C=O) groups is 1. The van der Waals surface area contributed by atoms with E-state index in [4.69, 9.17) is 9.47 Å². The van der Waals surface area contributed by atoms with Crippen molar-refractivity contribution in [2.45, 2.75) is 59.1 Å². The lowest BCUT2D eigenvalue weighted by molar-refractivity contribution is 0.0201. The van der Waals surface area contributed by atoms with Crippen LogP contribution in [0.2, 0.25) is 0 Å². The van der Waals surface area contributed by atoms with Crippen molar-refractivity contribution in [3.63, 3.8) is 0 Å². The van der Waals surface area contributed by atoms with Crippen LogP contribution in [-0.4, -0.2) is 73.5 Å². The van der Waals surface area contributed by atoms with Gasteiger partial charge in [0, 0.05) is 25.8 Å². The van der Waals surface area contributed by atoms with Crippen molar-refractivity contribution in [2.75, 3.05) is 31.1 Å². The molecule has 1 N–H and O–H groups in total. The number of carbonyl (C=O) groups excluding carboxylic acids is 1. The van der Waals surface area contributed by atoms with Gasteiger partial charge in [-0.05, 0) is 57.4 Å². The van der Waals surface area contributed by atoms with Crippen LogP contribution in [0.5, 0.6) is 11.5 Å². The van der Waals surface area contributed by atoms with Crippen LogP contribution in [0.4, 0.5) is 19.4 Å². The summed E-state index contributed by atoms with van der Waals surface area (Å²) in [5.41, 5.74) is -0.761. The molecule has 3 aromatic heterocycles. The number of hydrogen-bond acceptors (Lipinski definition) is 9. The molecule has 6 rings (SSSR count). The molecule has 0 bridgehead atoms. The predicted molar refractivity (Wildman–Crippen MR) is 163 cm³/mol. The number of phenols is 1. The molecular weight excluding hydrogens is 586 g/mol. The normalized spacial score (nSPS) is 16.4. The number of halogens is 2. The summed E-state index contributed by atoms with van der Waals surface area (Å²) in [5, 5.41) is 10.7. The predicted octanol–water partition coefficient (Wildman–Crippen LogP) is 5.08. The first kappa shape index (κ1) is 30.2. The number of amides is 1. The first-order valence-corrected chi connectivity index (χ1v) is 14.7. The molecule has 1 saturated heterocycles. The monoisotopic (exact) mass is 620 g/mol. The Hall–Kier alpha value is -4.81. The third kappa shape index (κ3) is 5.19. The molecule has 2 aliphatic rings. The van der Waals surface area contributed by atoms with E-state index >= 15 is 8.78 Å². The van der Waals surface area contributed by atoms with Gasteiger partial charge in [-0.3, -0.25) is 4.98 Å². The summed E-state index contributed by atoms with van der Waals surface area (Å²) in [6.07, 6.45) is 1.13. The third-order valence-corrected chi connectivity index (χ3v) is 7.88. The first-order chi connectivity index (χ1) is 21.3. The van der Waals surface area contributed by atoms with Crippen LogP contribution < -0.4 is 15.3 Å². The zero-order valence-electron chi connectivity index (χ0n) is 25.9. The smallest absolute Gasteiger partial charge is 0.410 e. The number of fused-ring (bicyclic) bond motifs is 2. The summed E-state index contributed by atoms with van der Waals surface area (Å²) >= 11 is 0. The molecule has 1 fully saturated rings. The summed E-state index contributed by atoms with van der Waals surface area (Å²) in [5.74, 6) is -2.73. The van der Waals surface area contributed by atoms with E-state index in [0.717, 1.165) is 6.07 Å². The van der Waals surface area contributed by atoms with E-state index in [2.05, 4.69) is 15.0 Å². The summed E-state index contributed by atoms with van der Waals surface area (Å²) in [6, 6.07) is 4.81. The van der Waals surface area contributed by atoms with Crippen molar-refractivity contribution in [3.05, 3.63) is 63.8 Å². The highest BCUT2D eigenvalue weighted by Crippen LogP contribution is 2.44. The average Bonchev–Trinajstić information content (AvgIpc) is 3.12. The lowest BCUT2D eigenvalue weighted by atomic mass is 10.0. The van der Waals surface area contributed by atoms with Crippen molar-refractivity contribution in [1.82, 2.24) is 24.4 Å². The van der Waals surface area contributed by atoms with Crippen LogP contribution in [0.1, 0.15) is 51.8 Å². The number of pyridine rings is 2. The lowest BCUT2D eigenvalue weighted by Gasteiger charge is -2.41. The fourth-order valence-corrected chi connectivity index (χ4v) is 5.87. The molecule has 236 valence electrons. The minimum Gasteiger partial charge on any atom is -0.507 e. The molecular formula is C32H34F2N6O5. The summed E-state index contributed by atoms with van der Waals surface area (Å²) < 4.78 is 44.7. The van der Waals surface area contributed by atoms with Gasteiger partial charge in [0.25, 0.3) is 0 Å². The molecule has 1 aromatic carbocycles. The highest BCUT2D eigenvalue weighted by atomic mass is 19.1. The Morgan fingerprint density at radius 1 is 1.16 bits per heavy atom. The fraction of sp³-hybridized carbons (Fsp3) is 0.406. The van der Waals surface area contributed by atoms with Gasteiger partial charge in [-0.2, -0.15) is 4.98 Å². The Kier molecular flexibility index (Phi) is 7.37. The molecule has 13 heteroatoms. The summed E-state index contributed by atoms with van der Waals surface area (Å²) in [7, 11) is 0. The SMILES string of the molecule is Cc1ccnc(C(C)C)c1-n1c(=O)nc2c3c(c(F)c(-c4c(O)cccc4F)nc31)OC[C@@H]1CN(C(=O)OC(C)(C)C)CCN21. The maximum atomic E-state index is 16.5. The molecule has 0 radical (unpaired) electrons. The highest BCUT2D eigenvalue weighted by molar-refractivity contribution is 5.97. The van der Waals surface area contributed by atoms with E-state index in [0.29, 0.717) is 16.9 Å². The van der Waals surface area contributed by atoms with E-state index in [1.807, 2.05) is 25.7 Å². The van der Waals surface area contributed by atoms with Crippen LogP contribution in [-0.2, 0) is 4.74 Å². The van der Waals surface area contributed by atoms with E-state index in [1.165, 1.54) is 21.6 Å². The molecule has 0 unspecified atom stereocenters. The number of rotatable bonds is 3. The molecule has 0 aliphatic carbocycles. The Morgan fingerprint density at radius 2 is 1.91 bits per heavy atom. The second-order valence-corrected chi connectivity index (χ2v) is 12.6. The number of piperazine rings is 1. The van der Waals surface area contributed by atoms with E-state index in [-0.39, 0.29) is 54.8 Å². The van der Waals surface area contributed by atoms with Gasteiger partial charge in [0.1, 0.15) is 40.7 Å². The van der Waals surface area contributed by atoms with Crippen molar-refractivity contribution in [2.24, 2.45) is 0 Å².